The summed E-state index contributed by atoms with van der Waals surface area (Å²) in [6, 6.07) is 8.64. The maximum atomic E-state index is 11.7. The molecule has 1 aromatic carbocycles. The molecule has 0 bridgehead atoms. The van der Waals surface area contributed by atoms with Gasteiger partial charge in [0.25, 0.3) is 0 Å². The molecular weight excluding hydrogens is 222 g/mol. The van der Waals surface area contributed by atoms with Gasteiger partial charge >= 0.3 is 0 Å². The number of hydrogen-bond donors (Lipinski definition) is 0. The monoisotopic (exact) mass is 245 g/mol. The second kappa shape index (κ2) is 6.03. The Hall–Kier alpha value is -1.31. The van der Waals surface area contributed by atoms with Crippen LogP contribution in [-0.2, 0) is 0 Å². The second-order valence-corrected chi connectivity index (χ2v) is 5.15. The van der Waals surface area contributed by atoms with Gasteiger partial charge < -0.3 is 4.90 Å². The predicted octanol–water partition coefficient (Wildman–Crippen LogP) is 4.05. The van der Waals surface area contributed by atoms with Crippen molar-refractivity contribution in [2.75, 3.05) is 11.4 Å². The largest absolute Gasteiger partial charge is 0.368 e. The number of para-hydroxylation sites is 1. The van der Waals surface area contributed by atoms with Crippen molar-refractivity contribution in [2.45, 2.75) is 52.0 Å². The lowest BCUT2D eigenvalue weighted by atomic mass is 9.93. The van der Waals surface area contributed by atoms with Gasteiger partial charge in [-0.25, -0.2) is 0 Å². The van der Waals surface area contributed by atoms with Crippen LogP contribution in [0.2, 0.25) is 0 Å². The van der Waals surface area contributed by atoms with Crippen molar-refractivity contribution in [3.8, 4) is 0 Å². The Morgan fingerprint density at radius 3 is 2.50 bits per heavy atom. The lowest BCUT2D eigenvalue weighted by molar-refractivity contribution is 0.101. The van der Waals surface area contributed by atoms with Crippen LogP contribution in [0.5, 0.6) is 0 Å². The minimum atomic E-state index is 0.167. The molecule has 0 N–H and O–H groups in total. The van der Waals surface area contributed by atoms with Gasteiger partial charge in [-0.05, 0) is 38.8 Å². The number of nitrogens with zero attached hydrogens (tertiary/aromatic N) is 1. The van der Waals surface area contributed by atoms with Gasteiger partial charge in [0, 0.05) is 23.8 Å². The molecule has 0 saturated heterocycles. The maximum absolute atomic E-state index is 11.7. The van der Waals surface area contributed by atoms with Gasteiger partial charge in [-0.2, -0.15) is 0 Å². The third-order valence-corrected chi connectivity index (χ3v) is 3.95. The highest BCUT2D eigenvalue weighted by Crippen LogP contribution is 2.29. The Bertz CT molecular complexity index is 407. The number of carbonyl (C=O) groups excluding carboxylic acids is 1. The van der Waals surface area contributed by atoms with Gasteiger partial charge in [0.2, 0.25) is 0 Å². The van der Waals surface area contributed by atoms with Crippen LogP contribution in [0.25, 0.3) is 0 Å². The molecule has 2 nitrogen and oxygen atoms in total. The summed E-state index contributed by atoms with van der Waals surface area (Å²) < 4.78 is 0. The number of hydrogen-bond acceptors (Lipinski definition) is 2. The van der Waals surface area contributed by atoms with E-state index in [2.05, 4.69) is 17.9 Å². The molecule has 1 aliphatic rings. The molecule has 2 heteroatoms. The Kier molecular flexibility index (Phi) is 4.40. The van der Waals surface area contributed by atoms with Crippen molar-refractivity contribution in [2.24, 2.45) is 0 Å². The minimum Gasteiger partial charge on any atom is -0.368 e. The zero-order valence-electron chi connectivity index (χ0n) is 11.5. The number of ketones is 1. The van der Waals surface area contributed by atoms with Crippen LogP contribution >= 0.6 is 0 Å². The molecule has 0 amide bonds. The fourth-order valence-electron chi connectivity index (χ4n) is 3.04. The normalized spacial score (nSPS) is 16.6. The van der Waals surface area contributed by atoms with E-state index >= 15 is 0 Å². The SMILES string of the molecule is CCN(c1ccccc1C(C)=O)C1CCCCC1. The second-order valence-electron chi connectivity index (χ2n) is 5.15. The first-order chi connectivity index (χ1) is 8.74. The van der Waals surface area contributed by atoms with Crippen molar-refractivity contribution < 1.29 is 4.79 Å². The molecule has 0 radical (unpaired) electrons. The zero-order chi connectivity index (χ0) is 13.0. The Balaban J connectivity index is 2.28. The molecule has 1 aromatic rings. The zero-order valence-corrected chi connectivity index (χ0v) is 11.5. The maximum Gasteiger partial charge on any atom is 0.161 e. The highest BCUT2D eigenvalue weighted by Gasteiger charge is 2.22. The van der Waals surface area contributed by atoms with Gasteiger partial charge in [-0.15, -0.1) is 0 Å². The Morgan fingerprint density at radius 2 is 1.89 bits per heavy atom. The molecule has 1 aliphatic carbocycles. The van der Waals surface area contributed by atoms with Crippen LogP contribution in [0, 0.1) is 0 Å². The van der Waals surface area contributed by atoms with Crippen LogP contribution in [0.4, 0.5) is 5.69 Å². The van der Waals surface area contributed by atoms with E-state index in [-0.39, 0.29) is 5.78 Å². The fraction of sp³-hybridized carbons (Fsp3) is 0.562. The summed E-state index contributed by atoms with van der Waals surface area (Å²) in [5, 5.41) is 0. The first-order valence-corrected chi connectivity index (χ1v) is 7.10. The summed E-state index contributed by atoms with van der Waals surface area (Å²) in [7, 11) is 0. The van der Waals surface area contributed by atoms with E-state index in [4.69, 9.17) is 0 Å². The van der Waals surface area contributed by atoms with Crippen LogP contribution in [0.3, 0.4) is 0 Å². The number of anilines is 1. The van der Waals surface area contributed by atoms with E-state index in [1.807, 2.05) is 18.2 Å². The van der Waals surface area contributed by atoms with E-state index in [0.717, 1.165) is 17.8 Å². The quantitative estimate of drug-likeness (QED) is 0.746. The summed E-state index contributed by atoms with van der Waals surface area (Å²) in [6.45, 7) is 4.83. The number of rotatable bonds is 4. The lowest BCUT2D eigenvalue weighted by Gasteiger charge is -2.36. The fourth-order valence-corrected chi connectivity index (χ4v) is 3.04. The van der Waals surface area contributed by atoms with Crippen molar-refractivity contribution in [3.63, 3.8) is 0 Å². The number of benzene rings is 1. The summed E-state index contributed by atoms with van der Waals surface area (Å²) >= 11 is 0. The van der Waals surface area contributed by atoms with Crippen molar-refractivity contribution in [1.29, 1.82) is 0 Å². The van der Waals surface area contributed by atoms with Crippen molar-refractivity contribution in [3.05, 3.63) is 29.8 Å². The molecule has 0 heterocycles. The predicted molar refractivity (Wildman–Crippen MR) is 76.3 cm³/mol. The summed E-state index contributed by atoms with van der Waals surface area (Å²) in [4.78, 5) is 14.2. The standard InChI is InChI=1S/C16H23NO/c1-3-17(14-9-5-4-6-10-14)16-12-8-7-11-15(16)13(2)18/h7-8,11-12,14H,3-6,9-10H2,1-2H3. The third-order valence-electron chi connectivity index (χ3n) is 3.95. The summed E-state index contributed by atoms with van der Waals surface area (Å²) in [6.07, 6.45) is 6.54. The van der Waals surface area contributed by atoms with Crippen LogP contribution in [0.1, 0.15) is 56.3 Å². The molecule has 1 fully saturated rings. The Labute approximate surface area is 110 Å². The highest BCUT2D eigenvalue weighted by atomic mass is 16.1. The lowest BCUT2D eigenvalue weighted by Crippen LogP contribution is -2.37. The summed E-state index contributed by atoms with van der Waals surface area (Å²) in [5.74, 6) is 0.167. The molecule has 0 spiro atoms. The average molecular weight is 245 g/mol. The molecule has 18 heavy (non-hydrogen) atoms. The highest BCUT2D eigenvalue weighted by molar-refractivity contribution is 5.99. The topological polar surface area (TPSA) is 20.3 Å². The molecule has 0 aliphatic heterocycles. The third kappa shape index (κ3) is 2.74. The van der Waals surface area contributed by atoms with Crippen LogP contribution in [0.15, 0.2) is 24.3 Å². The summed E-state index contributed by atoms with van der Waals surface area (Å²) in [5.41, 5.74) is 1.99. The molecule has 0 aromatic heterocycles. The first kappa shape index (κ1) is 13.1. The number of Topliss-reactive ketones (excluding diaryl/α,β-unsaturated/α-hetero) is 1. The smallest absolute Gasteiger partial charge is 0.161 e. The van der Waals surface area contributed by atoms with E-state index in [0.29, 0.717) is 6.04 Å². The number of carbonyl (C=O) groups is 1. The van der Waals surface area contributed by atoms with E-state index in [9.17, 15) is 4.79 Å². The van der Waals surface area contributed by atoms with Crippen LogP contribution in [-0.4, -0.2) is 18.4 Å². The van der Waals surface area contributed by atoms with Gasteiger partial charge in [0.05, 0.1) is 0 Å². The first-order valence-electron chi connectivity index (χ1n) is 7.10. The van der Waals surface area contributed by atoms with Gasteiger partial charge in [0.1, 0.15) is 0 Å². The van der Waals surface area contributed by atoms with Crippen molar-refractivity contribution >= 4 is 11.5 Å². The molecule has 98 valence electrons. The van der Waals surface area contributed by atoms with Crippen LogP contribution < -0.4 is 4.90 Å². The van der Waals surface area contributed by atoms with Crippen molar-refractivity contribution in [1.82, 2.24) is 0 Å². The molecule has 1 saturated carbocycles. The molecule has 2 rings (SSSR count). The molecular formula is C16H23NO. The van der Waals surface area contributed by atoms with Gasteiger partial charge in [-0.1, -0.05) is 31.4 Å². The van der Waals surface area contributed by atoms with Gasteiger partial charge in [-0.3, -0.25) is 4.79 Å². The average Bonchev–Trinajstić information content (AvgIpc) is 2.41. The molecule has 0 atom stereocenters. The van der Waals surface area contributed by atoms with E-state index < -0.39 is 0 Å². The Morgan fingerprint density at radius 1 is 1.22 bits per heavy atom. The minimum absolute atomic E-state index is 0.167. The van der Waals surface area contributed by atoms with E-state index in [1.165, 1.54) is 32.1 Å². The van der Waals surface area contributed by atoms with E-state index in [1.54, 1.807) is 6.92 Å². The van der Waals surface area contributed by atoms with Gasteiger partial charge in [0.15, 0.2) is 5.78 Å². The molecule has 0 unspecified atom stereocenters.